The zero-order valence-electron chi connectivity index (χ0n) is 19.7. The van der Waals surface area contributed by atoms with Crippen molar-refractivity contribution < 1.29 is 19.0 Å². The molecule has 0 spiro atoms. The number of carbonyl (C=O) groups is 1. The molecule has 0 fully saturated rings. The van der Waals surface area contributed by atoms with Gasteiger partial charge in [0.05, 0.1) is 42.7 Å². The van der Waals surface area contributed by atoms with Crippen LogP contribution in [0.15, 0.2) is 63.5 Å². The number of nitrogens with zero attached hydrogens (tertiary/aromatic N) is 2. The fraction of sp³-hybridized carbons (Fsp3) is 0.269. The Morgan fingerprint density at radius 2 is 1.85 bits per heavy atom. The first-order chi connectivity index (χ1) is 16.4. The lowest BCUT2D eigenvalue weighted by molar-refractivity contribution is -0.139. The minimum Gasteiger partial charge on any atom is -0.497 e. The summed E-state index contributed by atoms with van der Waals surface area (Å²) in [6.45, 7) is 5.69. The SMILES string of the molecule is CCOC(=O)C1=C(C)N=c2sc(=Cc3ccc(OC)cc3)c(=O)n2C1c1ccc(C)c(OC)c1. The number of hydrogen-bond donors (Lipinski definition) is 0. The van der Waals surface area contributed by atoms with E-state index < -0.39 is 12.0 Å². The maximum Gasteiger partial charge on any atom is 0.338 e. The number of thiazole rings is 1. The molecular weight excluding hydrogens is 452 g/mol. The van der Waals surface area contributed by atoms with E-state index in [1.165, 1.54) is 11.3 Å². The van der Waals surface area contributed by atoms with E-state index in [9.17, 15) is 9.59 Å². The van der Waals surface area contributed by atoms with Crippen LogP contribution in [0.3, 0.4) is 0 Å². The van der Waals surface area contributed by atoms with E-state index in [-0.39, 0.29) is 12.2 Å². The van der Waals surface area contributed by atoms with Gasteiger partial charge in [0.15, 0.2) is 4.80 Å². The Balaban J connectivity index is 1.94. The molecule has 1 aliphatic heterocycles. The quantitative estimate of drug-likeness (QED) is 0.509. The summed E-state index contributed by atoms with van der Waals surface area (Å²) in [6.07, 6.45) is 1.82. The number of aryl methyl sites for hydroxylation is 1. The molecule has 0 aliphatic carbocycles. The Hall–Kier alpha value is -3.65. The smallest absolute Gasteiger partial charge is 0.338 e. The first-order valence-electron chi connectivity index (χ1n) is 10.9. The fourth-order valence-corrected chi connectivity index (χ4v) is 5.01. The highest BCUT2D eigenvalue weighted by molar-refractivity contribution is 7.07. The van der Waals surface area contributed by atoms with Gasteiger partial charge in [0.2, 0.25) is 0 Å². The van der Waals surface area contributed by atoms with Gasteiger partial charge in [-0.1, -0.05) is 35.6 Å². The highest BCUT2D eigenvalue weighted by Crippen LogP contribution is 2.33. The third-order valence-electron chi connectivity index (χ3n) is 5.68. The minimum absolute atomic E-state index is 0.224. The van der Waals surface area contributed by atoms with Gasteiger partial charge in [-0.25, -0.2) is 9.79 Å². The van der Waals surface area contributed by atoms with Crippen molar-refractivity contribution in [2.45, 2.75) is 26.8 Å². The van der Waals surface area contributed by atoms with Gasteiger partial charge in [-0.05, 0) is 61.7 Å². The van der Waals surface area contributed by atoms with Crippen molar-refractivity contribution in [1.82, 2.24) is 4.57 Å². The summed E-state index contributed by atoms with van der Waals surface area (Å²) in [4.78, 5) is 31.8. The molecule has 0 radical (unpaired) electrons. The summed E-state index contributed by atoms with van der Waals surface area (Å²) in [5.41, 5.74) is 3.21. The Morgan fingerprint density at radius 1 is 1.12 bits per heavy atom. The maximum atomic E-state index is 13.6. The molecule has 1 atom stereocenters. The molecule has 34 heavy (non-hydrogen) atoms. The first kappa shape index (κ1) is 23.5. The van der Waals surface area contributed by atoms with Gasteiger partial charge in [-0.15, -0.1) is 0 Å². The van der Waals surface area contributed by atoms with Gasteiger partial charge in [0.1, 0.15) is 11.5 Å². The average molecular weight is 479 g/mol. The van der Waals surface area contributed by atoms with E-state index in [4.69, 9.17) is 14.2 Å². The molecule has 4 rings (SSSR count). The van der Waals surface area contributed by atoms with Crippen LogP contribution >= 0.6 is 11.3 Å². The number of benzene rings is 2. The van der Waals surface area contributed by atoms with Crippen molar-refractivity contribution in [3.8, 4) is 11.5 Å². The lowest BCUT2D eigenvalue weighted by Crippen LogP contribution is -2.40. The van der Waals surface area contributed by atoms with Crippen LogP contribution in [0.4, 0.5) is 0 Å². The Kier molecular flexibility index (Phi) is 6.70. The topological polar surface area (TPSA) is 79.1 Å². The average Bonchev–Trinajstić information content (AvgIpc) is 3.13. The zero-order valence-corrected chi connectivity index (χ0v) is 20.6. The predicted octanol–water partition coefficient (Wildman–Crippen LogP) is 3.12. The highest BCUT2D eigenvalue weighted by atomic mass is 32.1. The van der Waals surface area contributed by atoms with Crippen LogP contribution in [0.5, 0.6) is 11.5 Å². The summed E-state index contributed by atoms with van der Waals surface area (Å²) in [5.74, 6) is 0.926. The van der Waals surface area contributed by atoms with Gasteiger partial charge in [0.25, 0.3) is 5.56 Å². The maximum absolute atomic E-state index is 13.6. The van der Waals surface area contributed by atoms with E-state index in [0.717, 1.165) is 22.4 Å². The van der Waals surface area contributed by atoms with Gasteiger partial charge in [-0.2, -0.15) is 0 Å². The molecule has 2 heterocycles. The normalized spacial score (nSPS) is 15.6. The van der Waals surface area contributed by atoms with Crippen molar-refractivity contribution in [3.63, 3.8) is 0 Å². The molecule has 0 saturated heterocycles. The molecule has 2 aromatic carbocycles. The number of allylic oxidation sites excluding steroid dienone is 1. The van der Waals surface area contributed by atoms with Gasteiger partial charge < -0.3 is 14.2 Å². The first-order valence-corrected chi connectivity index (χ1v) is 11.7. The summed E-state index contributed by atoms with van der Waals surface area (Å²) in [6, 6.07) is 12.5. The minimum atomic E-state index is -0.678. The van der Waals surface area contributed by atoms with Crippen molar-refractivity contribution in [2.75, 3.05) is 20.8 Å². The highest BCUT2D eigenvalue weighted by Gasteiger charge is 2.33. The second-order valence-corrected chi connectivity index (χ2v) is 8.81. The molecular formula is C26H26N2O5S. The third kappa shape index (κ3) is 4.28. The van der Waals surface area contributed by atoms with Crippen molar-refractivity contribution in [1.29, 1.82) is 0 Å². The second-order valence-electron chi connectivity index (χ2n) is 7.80. The molecule has 1 aliphatic rings. The molecule has 0 amide bonds. The molecule has 0 N–H and O–H groups in total. The van der Waals surface area contributed by atoms with Crippen molar-refractivity contribution in [2.24, 2.45) is 4.99 Å². The molecule has 1 unspecified atom stereocenters. The van der Waals surface area contributed by atoms with E-state index >= 15 is 0 Å². The van der Waals surface area contributed by atoms with Crippen LogP contribution < -0.4 is 24.4 Å². The largest absolute Gasteiger partial charge is 0.497 e. The van der Waals surface area contributed by atoms with E-state index in [1.54, 1.807) is 32.6 Å². The fourth-order valence-electron chi connectivity index (χ4n) is 3.97. The summed E-state index contributed by atoms with van der Waals surface area (Å²) >= 11 is 1.29. The second kappa shape index (κ2) is 9.69. The van der Waals surface area contributed by atoms with E-state index in [1.807, 2.05) is 55.5 Å². The monoisotopic (exact) mass is 478 g/mol. The summed E-state index contributed by atoms with van der Waals surface area (Å²) in [7, 11) is 3.20. The Bertz CT molecular complexity index is 1450. The Morgan fingerprint density at radius 3 is 2.50 bits per heavy atom. The molecule has 176 valence electrons. The van der Waals surface area contributed by atoms with Gasteiger partial charge in [0, 0.05) is 0 Å². The molecule has 0 saturated carbocycles. The third-order valence-corrected chi connectivity index (χ3v) is 6.66. The lowest BCUT2D eigenvalue weighted by atomic mass is 9.95. The summed E-state index contributed by atoms with van der Waals surface area (Å²) < 4.78 is 18.2. The van der Waals surface area contributed by atoms with Crippen LogP contribution in [0, 0.1) is 6.92 Å². The van der Waals surface area contributed by atoms with E-state index in [2.05, 4.69) is 4.99 Å². The van der Waals surface area contributed by atoms with Crippen molar-refractivity contribution >= 4 is 23.4 Å². The lowest BCUT2D eigenvalue weighted by Gasteiger charge is -2.25. The number of esters is 1. The number of ether oxygens (including phenoxy) is 3. The molecule has 1 aromatic heterocycles. The van der Waals surface area contributed by atoms with Gasteiger partial charge in [-0.3, -0.25) is 9.36 Å². The Labute approximate surface area is 201 Å². The van der Waals surface area contributed by atoms with E-state index in [0.29, 0.717) is 26.4 Å². The number of rotatable bonds is 6. The summed E-state index contributed by atoms with van der Waals surface area (Å²) in [5, 5.41) is 0. The van der Waals surface area contributed by atoms with Crippen LogP contribution in [0.1, 0.15) is 36.6 Å². The van der Waals surface area contributed by atoms with Gasteiger partial charge >= 0.3 is 5.97 Å². The predicted molar refractivity (Wildman–Crippen MR) is 131 cm³/mol. The molecule has 3 aromatic rings. The standard InChI is InChI=1S/C26H26N2O5S/c1-6-33-25(30)22-16(3)27-26-28(23(22)18-10-7-15(2)20(14-18)32-5)24(29)21(34-26)13-17-8-11-19(31-4)12-9-17/h7-14,23H,6H2,1-5H3. The molecule has 7 nitrogen and oxygen atoms in total. The van der Waals surface area contributed by atoms with Crippen molar-refractivity contribution in [3.05, 3.63) is 90.1 Å². The number of fused-ring (bicyclic) bond motifs is 1. The number of hydrogen-bond acceptors (Lipinski definition) is 7. The number of carbonyl (C=O) groups excluding carboxylic acids is 1. The molecule has 0 bridgehead atoms. The van der Waals surface area contributed by atoms with Crippen LogP contribution in [0.25, 0.3) is 6.08 Å². The van der Waals surface area contributed by atoms with Crippen LogP contribution in [0.2, 0.25) is 0 Å². The van der Waals surface area contributed by atoms with Crippen LogP contribution in [-0.2, 0) is 9.53 Å². The zero-order chi connectivity index (χ0) is 24.4. The number of aromatic nitrogens is 1. The number of methoxy groups -OCH3 is 2. The molecule has 8 heteroatoms. The van der Waals surface area contributed by atoms with Crippen LogP contribution in [-0.4, -0.2) is 31.4 Å².